The van der Waals surface area contributed by atoms with Crippen molar-refractivity contribution < 1.29 is 29.4 Å². The van der Waals surface area contributed by atoms with Crippen molar-refractivity contribution in [1.82, 2.24) is 21.3 Å². The Morgan fingerprint density at radius 1 is 1.07 bits per heavy atom. The molecule has 1 aliphatic rings. The zero-order chi connectivity index (χ0) is 22.8. The third-order valence-electron chi connectivity index (χ3n) is 4.91. The van der Waals surface area contributed by atoms with Gasteiger partial charge in [0.1, 0.15) is 12.1 Å². The van der Waals surface area contributed by atoms with Crippen LogP contribution in [0.15, 0.2) is 0 Å². The number of amides is 3. The Labute approximate surface area is 181 Å². The molecule has 1 aliphatic heterocycles. The summed E-state index contributed by atoms with van der Waals surface area (Å²) in [5.41, 5.74) is 0. The maximum absolute atomic E-state index is 12.9. The summed E-state index contributed by atoms with van der Waals surface area (Å²) in [5, 5.41) is 29.5. The highest BCUT2D eigenvalue weighted by molar-refractivity contribution is 7.98. The number of hydrogen-bond donors (Lipinski definition) is 6. The molecule has 6 N–H and O–H groups in total. The molecule has 0 aliphatic carbocycles. The smallest absolute Gasteiger partial charge is 0.328 e. The Morgan fingerprint density at radius 3 is 2.20 bits per heavy atom. The summed E-state index contributed by atoms with van der Waals surface area (Å²) >= 11 is 1.47. The standard InChI is InChI=1S/C19H34N4O6S/c1-10(2)14(22-16(25)12-6-5-8-20-12)18(27)21-13(7-9-30-4)17(26)23-15(11(3)24)19(28)29/h10-15,20,24H,5-9H2,1-4H3,(H,21,27)(H,22,25)(H,23,26)(H,28,29). The molecule has 1 saturated heterocycles. The molecule has 3 amide bonds. The minimum atomic E-state index is -1.49. The number of carbonyl (C=O) groups is 4. The first kappa shape index (κ1) is 26.2. The molecule has 5 atom stereocenters. The zero-order valence-electron chi connectivity index (χ0n) is 17.9. The molecule has 1 heterocycles. The van der Waals surface area contributed by atoms with Crippen LogP contribution >= 0.6 is 11.8 Å². The van der Waals surface area contributed by atoms with Crippen LogP contribution in [0, 0.1) is 5.92 Å². The lowest BCUT2D eigenvalue weighted by molar-refractivity contribution is -0.145. The molecule has 1 fully saturated rings. The van der Waals surface area contributed by atoms with E-state index in [1.807, 2.05) is 6.26 Å². The van der Waals surface area contributed by atoms with E-state index in [1.165, 1.54) is 18.7 Å². The van der Waals surface area contributed by atoms with Gasteiger partial charge in [-0.15, -0.1) is 0 Å². The van der Waals surface area contributed by atoms with Gasteiger partial charge in [-0.25, -0.2) is 4.79 Å². The topological polar surface area (TPSA) is 157 Å². The van der Waals surface area contributed by atoms with Crippen LogP contribution in [-0.2, 0) is 19.2 Å². The fraction of sp³-hybridized carbons (Fsp3) is 0.789. The van der Waals surface area contributed by atoms with Crippen molar-refractivity contribution in [1.29, 1.82) is 0 Å². The van der Waals surface area contributed by atoms with Crippen molar-refractivity contribution in [3.63, 3.8) is 0 Å². The first-order chi connectivity index (χ1) is 14.1. The molecule has 0 bridgehead atoms. The average molecular weight is 447 g/mol. The Balaban J connectivity index is 2.86. The van der Waals surface area contributed by atoms with Gasteiger partial charge in [0.05, 0.1) is 12.1 Å². The van der Waals surface area contributed by atoms with Crippen LogP contribution in [0.3, 0.4) is 0 Å². The third-order valence-corrected chi connectivity index (χ3v) is 5.56. The van der Waals surface area contributed by atoms with E-state index in [1.54, 1.807) is 13.8 Å². The van der Waals surface area contributed by atoms with Crippen LogP contribution in [0.4, 0.5) is 0 Å². The second kappa shape index (κ2) is 12.8. The van der Waals surface area contributed by atoms with Crippen LogP contribution in [0.25, 0.3) is 0 Å². The number of carboxylic acid groups (broad SMARTS) is 1. The summed E-state index contributed by atoms with van der Waals surface area (Å²) < 4.78 is 0. The van der Waals surface area contributed by atoms with Crippen LogP contribution < -0.4 is 21.3 Å². The molecular formula is C19H34N4O6S. The SMILES string of the molecule is CSCCC(NC(=O)C(NC(=O)C1CCCN1)C(C)C)C(=O)NC(C(=O)O)C(C)O. The number of carbonyl (C=O) groups excluding carboxylic acids is 3. The number of carboxylic acids is 1. The Morgan fingerprint density at radius 2 is 1.73 bits per heavy atom. The van der Waals surface area contributed by atoms with E-state index in [0.29, 0.717) is 12.2 Å². The highest BCUT2D eigenvalue weighted by Gasteiger charge is 2.33. The number of aliphatic carboxylic acids is 1. The lowest BCUT2D eigenvalue weighted by Crippen LogP contribution is -2.59. The lowest BCUT2D eigenvalue weighted by Gasteiger charge is -2.27. The van der Waals surface area contributed by atoms with Crippen LogP contribution in [0.1, 0.15) is 40.0 Å². The van der Waals surface area contributed by atoms with Gasteiger partial charge in [0.2, 0.25) is 17.7 Å². The minimum Gasteiger partial charge on any atom is -0.480 e. The Kier molecular flexibility index (Phi) is 11.1. The summed E-state index contributed by atoms with van der Waals surface area (Å²) in [6.07, 6.45) is 2.41. The molecule has 1 rings (SSSR count). The van der Waals surface area contributed by atoms with Crippen molar-refractivity contribution in [2.75, 3.05) is 18.6 Å². The number of rotatable bonds is 12. The van der Waals surface area contributed by atoms with Crippen LogP contribution in [0.2, 0.25) is 0 Å². The average Bonchev–Trinajstić information content (AvgIpc) is 3.20. The van der Waals surface area contributed by atoms with E-state index in [9.17, 15) is 29.4 Å². The zero-order valence-corrected chi connectivity index (χ0v) is 18.8. The van der Waals surface area contributed by atoms with Crippen molar-refractivity contribution in [3.8, 4) is 0 Å². The first-order valence-electron chi connectivity index (χ1n) is 10.1. The van der Waals surface area contributed by atoms with Crippen molar-refractivity contribution in [2.45, 2.75) is 70.3 Å². The fourth-order valence-corrected chi connectivity index (χ4v) is 3.58. The summed E-state index contributed by atoms with van der Waals surface area (Å²) in [4.78, 5) is 49.2. The van der Waals surface area contributed by atoms with Crippen molar-refractivity contribution in [2.24, 2.45) is 5.92 Å². The molecule has 5 unspecified atom stereocenters. The Bertz CT molecular complexity index is 610. The number of hydrogen-bond acceptors (Lipinski definition) is 7. The highest BCUT2D eigenvalue weighted by atomic mass is 32.2. The summed E-state index contributed by atoms with van der Waals surface area (Å²) in [6, 6.07) is -3.65. The highest BCUT2D eigenvalue weighted by Crippen LogP contribution is 2.09. The molecule has 172 valence electrons. The van der Waals surface area contributed by atoms with Gasteiger partial charge in [-0.1, -0.05) is 13.8 Å². The number of nitrogens with one attached hydrogen (secondary N) is 4. The second-order valence-electron chi connectivity index (χ2n) is 7.79. The number of aliphatic hydroxyl groups excluding tert-OH is 1. The molecule has 30 heavy (non-hydrogen) atoms. The maximum atomic E-state index is 12.9. The van der Waals surface area contributed by atoms with E-state index < -0.39 is 42.0 Å². The monoisotopic (exact) mass is 446 g/mol. The summed E-state index contributed by atoms with van der Waals surface area (Å²) in [5.74, 6) is -2.51. The molecule has 0 saturated carbocycles. The predicted molar refractivity (Wildman–Crippen MR) is 114 cm³/mol. The summed E-state index contributed by atoms with van der Waals surface area (Å²) in [6.45, 7) is 5.59. The van der Waals surface area contributed by atoms with Gasteiger partial charge < -0.3 is 31.5 Å². The Hall–Kier alpha value is -1.85. The van der Waals surface area contributed by atoms with Crippen LogP contribution in [-0.4, -0.2) is 82.7 Å². The van der Waals surface area contributed by atoms with Gasteiger partial charge in [0.15, 0.2) is 6.04 Å². The maximum Gasteiger partial charge on any atom is 0.328 e. The normalized spacial score (nSPS) is 20.1. The van der Waals surface area contributed by atoms with Gasteiger partial charge >= 0.3 is 5.97 Å². The molecule has 0 aromatic heterocycles. The van der Waals surface area contributed by atoms with E-state index in [-0.39, 0.29) is 24.3 Å². The molecular weight excluding hydrogens is 412 g/mol. The quantitative estimate of drug-likeness (QED) is 0.224. The van der Waals surface area contributed by atoms with E-state index in [0.717, 1.165) is 13.0 Å². The minimum absolute atomic E-state index is 0.219. The van der Waals surface area contributed by atoms with Gasteiger partial charge in [-0.3, -0.25) is 14.4 Å². The molecule has 0 radical (unpaired) electrons. The van der Waals surface area contributed by atoms with Gasteiger partial charge in [-0.2, -0.15) is 11.8 Å². The van der Waals surface area contributed by atoms with Gasteiger partial charge in [0, 0.05) is 0 Å². The van der Waals surface area contributed by atoms with Gasteiger partial charge in [-0.05, 0) is 50.7 Å². The number of thioether (sulfide) groups is 1. The third kappa shape index (κ3) is 8.11. The largest absolute Gasteiger partial charge is 0.480 e. The second-order valence-corrected chi connectivity index (χ2v) is 8.77. The molecule has 0 aromatic rings. The van der Waals surface area contributed by atoms with Crippen molar-refractivity contribution >= 4 is 35.5 Å². The van der Waals surface area contributed by atoms with E-state index in [2.05, 4.69) is 21.3 Å². The van der Waals surface area contributed by atoms with E-state index in [4.69, 9.17) is 0 Å². The molecule has 11 heteroatoms. The van der Waals surface area contributed by atoms with Gasteiger partial charge in [0.25, 0.3) is 0 Å². The fourth-order valence-electron chi connectivity index (χ4n) is 3.11. The van der Waals surface area contributed by atoms with Crippen molar-refractivity contribution in [3.05, 3.63) is 0 Å². The molecule has 0 aromatic carbocycles. The predicted octanol–water partition coefficient (Wildman–Crippen LogP) is -0.933. The molecule has 10 nitrogen and oxygen atoms in total. The first-order valence-corrected chi connectivity index (χ1v) is 11.5. The van der Waals surface area contributed by atoms with Crippen LogP contribution in [0.5, 0.6) is 0 Å². The summed E-state index contributed by atoms with van der Waals surface area (Å²) in [7, 11) is 0. The van der Waals surface area contributed by atoms with E-state index >= 15 is 0 Å². The lowest BCUT2D eigenvalue weighted by atomic mass is 10.0. The number of aliphatic hydroxyl groups is 1. The molecule has 0 spiro atoms.